The second-order valence-electron chi connectivity index (χ2n) is 4.84. The quantitative estimate of drug-likeness (QED) is 0.604. The molecule has 118 valence electrons. The number of hydrogen-bond acceptors (Lipinski definition) is 4. The van der Waals surface area contributed by atoms with Gasteiger partial charge in [-0.25, -0.2) is 8.42 Å². The first-order valence-electron chi connectivity index (χ1n) is 6.31. The minimum absolute atomic E-state index is 0.123. The maximum Gasteiger partial charge on any atom is 0.261 e. The Kier molecular flexibility index (Phi) is 6.93. The predicted octanol–water partition coefficient (Wildman–Crippen LogP) is 2.67. The van der Waals surface area contributed by atoms with Gasteiger partial charge in [-0.1, -0.05) is 25.4 Å². The molecule has 0 atom stereocenters. The first-order valence-corrected chi connectivity index (χ1v) is 9.00. The third-order valence-electron chi connectivity index (χ3n) is 2.40. The lowest BCUT2D eigenvalue weighted by Gasteiger charge is -2.09. The van der Waals surface area contributed by atoms with Gasteiger partial charge in [0.1, 0.15) is 0 Å². The van der Waals surface area contributed by atoms with Gasteiger partial charge in [0.05, 0.1) is 11.5 Å². The largest absolute Gasteiger partial charge is 0.379 e. The third-order valence-corrected chi connectivity index (χ3v) is 3.95. The molecule has 1 rings (SSSR count). The minimum Gasteiger partial charge on any atom is -0.379 e. The van der Waals surface area contributed by atoms with Gasteiger partial charge in [0, 0.05) is 34.4 Å². The van der Waals surface area contributed by atoms with Gasteiger partial charge in [-0.2, -0.15) is 0 Å². The smallest absolute Gasteiger partial charge is 0.261 e. The van der Waals surface area contributed by atoms with Crippen molar-refractivity contribution < 1.29 is 17.9 Å². The van der Waals surface area contributed by atoms with E-state index in [0.717, 1.165) is 0 Å². The zero-order valence-electron chi connectivity index (χ0n) is 11.7. The van der Waals surface area contributed by atoms with Gasteiger partial charge < -0.3 is 10.1 Å². The van der Waals surface area contributed by atoms with E-state index < -0.39 is 15.0 Å². The highest BCUT2D eigenvalue weighted by atomic mass is 35.7. The van der Waals surface area contributed by atoms with Crippen molar-refractivity contribution in [2.24, 2.45) is 5.92 Å². The SMILES string of the molecule is CC(C)COCCNC(=O)c1cc(Cl)cc(S(=O)(=O)Cl)c1. The molecule has 1 aromatic rings. The summed E-state index contributed by atoms with van der Waals surface area (Å²) in [6.45, 7) is 5.37. The lowest BCUT2D eigenvalue weighted by atomic mass is 10.2. The number of carbonyl (C=O) groups is 1. The molecule has 0 aliphatic heterocycles. The fourth-order valence-corrected chi connectivity index (χ4v) is 2.59. The van der Waals surface area contributed by atoms with Crippen LogP contribution >= 0.6 is 22.3 Å². The van der Waals surface area contributed by atoms with E-state index in [9.17, 15) is 13.2 Å². The van der Waals surface area contributed by atoms with Crippen LogP contribution in [-0.4, -0.2) is 34.1 Å². The van der Waals surface area contributed by atoms with Crippen molar-refractivity contribution in [1.29, 1.82) is 0 Å². The van der Waals surface area contributed by atoms with Crippen LogP contribution in [0, 0.1) is 5.92 Å². The number of halogens is 2. The molecular weight excluding hydrogens is 337 g/mol. The van der Waals surface area contributed by atoms with Crippen molar-refractivity contribution in [2.45, 2.75) is 18.7 Å². The Balaban J connectivity index is 2.64. The summed E-state index contributed by atoms with van der Waals surface area (Å²) in [6, 6.07) is 3.74. The zero-order chi connectivity index (χ0) is 16.0. The van der Waals surface area contributed by atoms with E-state index in [1.165, 1.54) is 18.2 Å². The van der Waals surface area contributed by atoms with Crippen molar-refractivity contribution >= 4 is 37.2 Å². The van der Waals surface area contributed by atoms with Crippen LogP contribution in [-0.2, 0) is 13.8 Å². The van der Waals surface area contributed by atoms with E-state index in [1.807, 2.05) is 13.8 Å². The van der Waals surface area contributed by atoms with Crippen LogP contribution in [0.5, 0.6) is 0 Å². The summed E-state index contributed by atoms with van der Waals surface area (Å²) in [5.74, 6) is -0.0164. The monoisotopic (exact) mass is 353 g/mol. The topological polar surface area (TPSA) is 72.5 Å². The highest BCUT2D eigenvalue weighted by Gasteiger charge is 2.15. The fraction of sp³-hybridized carbons (Fsp3) is 0.462. The summed E-state index contributed by atoms with van der Waals surface area (Å²) in [5, 5.41) is 2.74. The number of ether oxygens (including phenoxy) is 1. The van der Waals surface area contributed by atoms with Gasteiger partial charge in [0.2, 0.25) is 0 Å². The van der Waals surface area contributed by atoms with Crippen LogP contribution in [0.4, 0.5) is 0 Å². The first-order chi connectivity index (χ1) is 9.70. The molecule has 0 bridgehead atoms. The fourth-order valence-electron chi connectivity index (χ4n) is 1.49. The second-order valence-corrected chi connectivity index (χ2v) is 7.84. The van der Waals surface area contributed by atoms with E-state index in [4.69, 9.17) is 27.0 Å². The third kappa shape index (κ3) is 6.65. The van der Waals surface area contributed by atoms with E-state index >= 15 is 0 Å². The van der Waals surface area contributed by atoms with E-state index in [-0.39, 0.29) is 15.5 Å². The number of nitrogens with one attached hydrogen (secondary N) is 1. The molecule has 1 aromatic carbocycles. The number of amides is 1. The Morgan fingerprint density at radius 2 is 2.00 bits per heavy atom. The molecule has 0 heterocycles. The maximum atomic E-state index is 11.9. The Labute approximate surface area is 134 Å². The average molecular weight is 354 g/mol. The first kappa shape index (κ1) is 18.2. The van der Waals surface area contributed by atoms with Crippen LogP contribution in [0.25, 0.3) is 0 Å². The second kappa shape index (κ2) is 7.98. The molecule has 0 spiro atoms. The molecule has 8 heteroatoms. The van der Waals surface area contributed by atoms with Crippen molar-refractivity contribution in [1.82, 2.24) is 5.32 Å². The Hall–Kier alpha value is -0.820. The summed E-state index contributed by atoms with van der Waals surface area (Å²) in [7, 11) is 1.31. The Morgan fingerprint density at radius 3 is 2.57 bits per heavy atom. The molecule has 0 saturated carbocycles. The molecule has 0 saturated heterocycles. The molecule has 0 aliphatic carbocycles. The van der Waals surface area contributed by atoms with Gasteiger partial charge in [-0.15, -0.1) is 0 Å². The van der Waals surface area contributed by atoms with Crippen molar-refractivity contribution in [2.75, 3.05) is 19.8 Å². The highest BCUT2D eigenvalue weighted by Crippen LogP contribution is 2.21. The average Bonchev–Trinajstić information content (AvgIpc) is 2.36. The number of carbonyl (C=O) groups excluding carboxylic acids is 1. The summed E-state index contributed by atoms with van der Waals surface area (Å²) in [4.78, 5) is 11.7. The van der Waals surface area contributed by atoms with E-state index in [1.54, 1.807) is 0 Å². The number of benzene rings is 1. The molecule has 0 aromatic heterocycles. The molecular formula is C13H17Cl2NO4S. The van der Waals surface area contributed by atoms with Crippen molar-refractivity contribution in [3.63, 3.8) is 0 Å². The molecule has 5 nitrogen and oxygen atoms in total. The van der Waals surface area contributed by atoms with Gasteiger partial charge >= 0.3 is 0 Å². The Bertz CT molecular complexity index is 602. The zero-order valence-corrected chi connectivity index (χ0v) is 14.1. The summed E-state index contributed by atoms with van der Waals surface area (Å²) < 4.78 is 27.9. The van der Waals surface area contributed by atoms with Crippen LogP contribution < -0.4 is 5.32 Å². The maximum absolute atomic E-state index is 11.9. The van der Waals surface area contributed by atoms with E-state index in [2.05, 4.69) is 5.32 Å². The van der Waals surface area contributed by atoms with Crippen molar-refractivity contribution in [3.05, 3.63) is 28.8 Å². The standard InChI is InChI=1S/C13H17Cl2NO4S/c1-9(2)8-20-4-3-16-13(17)10-5-11(14)7-12(6-10)21(15,18)19/h5-7,9H,3-4,8H2,1-2H3,(H,16,17). The van der Waals surface area contributed by atoms with Gasteiger partial charge in [0.25, 0.3) is 15.0 Å². The van der Waals surface area contributed by atoms with Crippen LogP contribution in [0.15, 0.2) is 23.1 Å². The van der Waals surface area contributed by atoms with Crippen molar-refractivity contribution in [3.8, 4) is 0 Å². The van der Waals surface area contributed by atoms with Crippen LogP contribution in [0.2, 0.25) is 5.02 Å². The summed E-state index contributed by atoms with van der Waals surface area (Å²) in [6.07, 6.45) is 0. The molecule has 1 N–H and O–H groups in total. The Morgan fingerprint density at radius 1 is 1.33 bits per heavy atom. The summed E-state index contributed by atoms with van der Waals surface area (Å²) in [5.41, 5.74) is 0.130. The lowest BCUT2D eigenvalue weighted by molar-refractivity contribution is 0.0886. The lowest BCUT2D eigenvalue weighted by Crippen LogP contribution is -2.27. The molecule has 1 amide bonds. The molecule has 0 unspecified atom stereocenters. The minimum atomic E-state index is -3.94. The molecule has 0 aliphatic rings. The normalized spacial score (nSPS) is 11.7. The number of rotatable bonds is 7. The van der Waals surface area contributed by atoms with Crippen LogP contribution in [0.1, 0.15) is 24.2 Å². The molecule has 21 heavy (non-hydrogen) atoms. The highest BCUT2D eigenvalue weighted by molar-refractivity contribution is 8.13. The van der Waals surface area contributed by atoms with Gasteiger partial charge in [-0.05, 0) is 24.1 Å². The van der Waals surface area contributed by atoms with Gasteiger partial charge in [-0.3, -0.25) is 4.79 Å². The molecule has 0 radical (unpaired) electrons. The number of hydrogen-bond donors (Lipinski definition) is 1. The summed E-state index contributed by atoms with van der Waals surface area (Å²) >= 11 is 5.79. The van der Waals surface area contributed by atoms with Gasteiger partial charge in [0.15, 0.2) is 0 Å². The molecule has 0 fully saturated rings. The predicted molar refractivity (Wildman–Crippen MR) is 82.5 cm³/mol. The van der Waals surface area contributed by atoms with Crippen LogP contribution in [0.3, 0.4) is 0 Å². The van der Waals surface area contributed by atoms with E-state index in [0.29, 0.717) is 25.7 Å².